The first-order valence-electron chi connectivity index (χ1n) is 5.70. The quantitative estimate of drug-likeness (QED) is 0.594. The second-order valence-corrected chi connectivity index (χ2v) is 5.40. The van der Waals surface area contributed by atoms with Gasteiger partial charge >= 0.3 is 5.97 Å². The first kappa shape index (κ1) is 10.1. The summed E-state index contributed by atoms with van der Waals surface area (Å²) in [4.78, 5) is 11.7. The summed E-state index contributed by atoms with van der Waals surface area (Å²) in [5.74, 6) is 1.06. The number of carbonyl (C=O) groups is 1. The van der Waals surface area contributed by atoms with Crippen molar-refractivity contribution in [3.05, 3.63) is 34.5 Å². The Bertz CT molecular complexity index is 408. The van der Waals surface area contributed by atoms with Crippen molar-refractivity contribution in [2.45, 2.75) is 25.4 Å². The number of carbonyl (C=O) groups excluding carboxylic acids is 1. The lowest BCUT2D eigenvalue weighted by Gasteiger charge is -2.18. The molecule has 84 valence electrons. The summed E-state index contributed by atoms with van der Waals surface area (Å²) < 4.78 is 5.53. The van der Waals surface area contributed by atoms with E-state index >= 15 is 0 Å². The highest BCUT2D eigenvalue weighted by Gasteiger charge is 2.37. The maximum Gasteiger partial charge on any atom is 0.310 e. The van der Waals surface area contributed by atoms with E-state index in [1.165, 1.54) is 6.42 Å². The Morgan fingerprint density at radius 1 is 1.44 bits per heavy atom. The second kappa shape index (κ2) is 4.06. The Kier molecular flexibility index (Phi) is 2.56. The van der Waals surface area contributed by atoms with Gasteiger partial charge < -0.3 is 4.74 Å². The standard InChI is InChI=1S/C13H14O2S/c14-13(7-10-3-4-16-8-10)15-12-6-9-1-2-11(12)5-9/h1-4,8-9,11-12H,5-7H2. The average Bonchev–Trinajstić information content (AvgIpc) is 2.92. The van der Waals surface area contributed by atoms with Crippen LogP contribution in [-0.4, -0.2) is 12.1 Å². The van der Waals surface area contributed by atoms with Crippen LogP contribution in [0.3, 0.4) is 0 Å². The van der Waals surface area contributed by atoms with Gasteiger partial charge in [0, 0.05) is 5.92 Å². The minimum Gasteiger partial charge on any atom is -0.461 e. The minimum atomic E-state index is -0.0793. The van der Waals surface area contributed by atoms with Crippen molar-refractivity contribution in [2.24, 2.45) is 11.8 Å². The topological polar surface area (TPSA) is 26.3 Å². The number of thiophene rings is 1. The summed E-state index contributed by atoms with van der Waals surface area (Å²) in [5, 5.41) is 3.99. The lowest BCUT2D eigenvalue weighted by atomic mass is 10.0. The van der Waals surface area contributed by atoms with E-state index in [4.69, 9.17) is 4.74 Å². The van der Waals surface area contributed by atoms with Crippen LogP contribution in [-0.2, 0) is 16.0 Å². The molecule has 1 aromatic heterocycles. The number of hydrogen-bond acceptors (Lipinski definition) is 3. The fourth-order valence-electron chi connectivity index (χ4n) is 2.64. The van der Waals surface area contributed by atoms with Crippen molar-refractivity contribution < 1.29 is 9.53 Å². The molecule has 3 atom stereocenters. The predicted octanol–water partition coefficient (Wildman–Crippen LogP) is 2.80. The zero-order valence-electron chi connectivity index (χ0n) is 8.96. The van der Waals surface area contributed by atoms with E-state index in [0.29, 0.717) is 18.3 Å². The molecule has 3 rings (SSSR count). The van der Waals surface area contributed by atoms with Crippen LogP contribution in [0.15, 0.2) is 29.0 Å². The zero-order valence-corrected chi connectivity index (χ0v) is 9.78. The third-order valence-electron chi connectivity index (χ3n) is 3.43. The highest BCUT2D eigenvalue weighted by Crippen LogP contribution is 2.40. The molecule has 0 aliphatic heterocycles. The van der Waals surface area contributed by atoms with Gasteiger partial charge in [0.05, 0.1) is 6.42 Å². The molecule has 1 aromatic rings. The van der Waals surface area contributed by atoms with Crippen molar-refractivity contribution in [1.82, 2.24) is 0 Å². The van der Waals surface area contributed by atoms with Gasteiger partial charge in [-0.15, -0.1) is 0 Å². The Morgan fingerprint density at radius 3 is 3.00 bits per heavy atom. The molecule has 2 aliphatic carbocycles. The zero-order chi connectivity index (χ0) is 11.0. The van der Waals surface area contributed by atoms with Crippen LogP contribution < -0.4 is 0 Å². The minimum absolute atomic E-state index is 0.0793. The van der Waals surface area contributed by atoms with E-state index in [1.54, 1.807) is 11.3 Å². The van der Waals surface area contributed by atoms with Gasteiger partial charge in [-0.25, -0.2) is 0 Å². The molecule has 0 radical (unpaired) electrons. The maximum absolute atomic E-state index is 11.7. The Labute approximate surface area is 98.9 Å². The van der Waals surface area contributed by atoms with E-state index in [1.807, 2.05) is 16.8 Å². The Morgan fingerprint density at radius 2 is 2.38 bits per heavy atom. The molecule has 3 unspecified atom stereocenters. The molecule has 2 nitrogen and oxygen atoms in total. The maximum atomic E-state index is 11.7. The van der Waals surface area contributed by atoms with E-state index in [9.17, 15) is 4.79 Å². The van der Waals surface area contributed by atoms with Crippen LogP contribution in [0.1, 0.15) is 18.4 Å². The van der Waals surface area contributed by atoms with Crippen LogP contribution in [0, 0.1) is 11.8 Å². The van der Waals surface area contributed by atoms with Crippen LogP contribution in [0.5, 0.6) is 0 Å². The molecular formula is C13H14O2S. The lowest BCUT2D eigenvalue weighted by molar-refractivity contribution is -0.149. The molecule has 1 heterocycles. The normalized spacial score (nSPS) is 30.9. The molecule has 2 aliphatic rings. The summed E-state index contributed by atoms with van der Waals surface area (Å²) in [7, 11) is 0. The van der Waals surface area contributed by atoms with Gasteiger partial charge in [-0.3, -0.25) is 4.79 Å². The van der Waals surface area contributed by atoms with E-state index in [0.717, 1.165) is 12.0 Å². The number of esters is 1. The first-order chi connectivity index (χ1) is 7.81. The summed E-state index contributed by atoms with van der Waals surface area (Å²) in [6.07, 6.45) is 7.22. The number of allylic oxidation sites excluding steroid dienone is 1. The van der Waals surface area contributed by atoms with Crippen LogP contribution in [0.25, 0.3) is 0 Å². The van der Waals surface area contributed by atoms with Crippen molar-refractivity contribution in [3.63, 3.8) is 0 Å². The molecule has 16 heavy (non-hydrogen) atoms. The summed E-state index contributed by atoms with van der Waals surface area (Å²) >= 11 is 1.62. The molecule has 0 N–H and O–H groups in total. The third kappa shape index (κ3) is 1.92. The highest BCUT2D eigenvalue weighted by atomic mass is 32.1. The number of ether oxygens (including phenoxy) is 1. The van der Waals surface area contributed by atoms with Gasteiger partial charge in [0.25, 0.3) is 0 Å². The Hall–Kier alpha value is -1.09. The van der Waals surface area contributed by atoms with E-state index in [2.05, 4.69) is 12.2 Å². The fourth-order valence-corrected chi connectivity index (χ4v) is 3.30. The second-order valence-electron chi connectivity index (χ2n) is 4.62. The smallest absolute Gasteiger partial charge is 0.310 e. The van der Waals surface area contributed by atoms with Crippen LogP contribution in [0.4, 0.5) is 0 Å². The third-order valence-corrected chi connectivity index (χ3v) is 4.16. The molecule has 0 saturated heterocycles. The summed E-state index contributed by atoms with van der Waals surface area (Å²) in [5.41, 5.74) is 1.06. The molecule has 0 amide bonds. The van der Waals surface area contributed by atoms with Crippen LogP contribution >= 0.6 is 11.3 Å². The molecule has 3 heteroatoms. The number of rotatable bonds is 3. The summed E-state index contributed by atoms with van der Waals surface area (Å²) in [6, 6.07) is 1.98. The van der Waals surface area contributed by atoms with Crippen molar-refractivity contribution >= 4 is 17.3 Å². The van der Waals surface area contributed by atoms with Crippen molar-refractivity contribution in [2.75, 3.05) is 0 Å². The van der Waals surface area contributed by atoms with Gasteiger partial charge in [0.2, 0.25) is 0 Å². The van der Waals surface area contributed by atoms with Crippen molar-refractivity contribution in [3.8, 4) is 0 Å². The lowest BCUT2D eigenvalue weighted by Crippen LogP contribution is -2.23. The number of fused-ring (bicyclic) bond motifs is 2. The summed E-state index contributed by atoms with van der Waals surface area (Å²) in [6.45, 7) is 0. The van der Waals surface area contributed by atoms with Gasteiger partial charge in [0.1, 0.15) is 6.10 Å². The molecule has 1 fully saturated rings. The number of hydrogen-bond donors (Lipinski definition) is 0. The molecule has 0 aromatic carbocycles. The molecule has 2 bridgehead atoms. The molecule has 1 saturated carbocycles. The van der Waals surface area contributed by atoms with E-state index < -0.39 is 0 Å². The Balaban J connectivity index is 1.55. The molecular weight excluding hydrogens is 220 g/mol. The molecule has 0 spiro atoms. The first-order valence-corrected chi connectivity index (χ1v) is 6.64. The highest BCUT2D eigenvalue weighted by molar-refractivity contribution is 7.07. The van der Waals surface area contributed by atoms with E-state index in [-0.39, 0.29) is 12.1 Å². The van der Waals surface area contributed by atoms with Gasteiger partial charge in [-0.2, -0.15) is 11.3 Å². The van der Waals surface area contributed by atoms with Crippen LogP contribution in [0.2, 0.25) is 0 Å². The fraction of sp³-hybridized carbons (Fsp3) is 0.462. The largest absolute Gasteiger partial charge is 0.461 e. The van der Waals surface area contributed by atoms with Gasteiger partial charge in [-0.05, 0) is 41.1 Å². The SMILES string of the molecule is O=C(Cc1ccsc1)OC1CC2C=CC1C2. The van der Waals surface area contributed by atoms with Crippen molar-refractivity contribution in [1.29, 1.82) is 0 Å². The van der Waals surface area contributed by atoms with Gasteiger partial charge in [-0.1, -0.05) is 12.2 Å². The predicted molar refractivity (Wildman–Crippen MR) is 63.3 cm³/mol. The monoisotopic (exact) mass is 234 g/mol. The average molecular weight is 234 g/mol. The van der Waals surface area contributed by atoms with Gasteiger partial charge in [0.15, 0.2) is 0 Å².